The van der Waals surface area contributed by atoms with Crippen molar-refractivity contribution in [2.45, 2.75) is 0 Å². The maximum atomic E-state index is 14.6. The summed E-state index contributed by atoms with van der Waals surface area (Å²) in [5, 5.41) is 21.3. The van der Waals surface area contributed by atoms with E-state index in [0.29, 0.717) is 20.3 Å². The smallest absolute Gasteiger partial charge is 0.338 e. The van der Waals surface area contributed by atoms with Crippen LogP contribution in [0.25, 0.3) is 0 Å². The zero-order valence-electron chi connectivity index (χ0n) is 17.9. The Kier molecular flexibility index (Phi) is 8.03. The van der Waals surface area contributed by atoms with Crippen LogP contribution >= 0.6 is 63.7 Å². The number of carbonyl (C=O) groups excluding carboxylic acids is 1. The fraction of sp³-hybridized carbons (Fsp3) is 0. The second-order valence-corrected chi connectivity index (χ2v) is 10.9. The summed E-state index contributed by atoms with van der Waals surface area (Å²) >= 11 is 13.3. The van der Waals surface area contributed by atoms with Crippen LogP contribution in [0.4, 0.5) is 36.3 Å². The lowest BCUT2D eigenvalue weighted by Gasteiger charge is -2.33. The number of phenols is 2. The summed E-state index contributed by atoms with van der Waals surface area (Å²) in [6.07, 6.45) is 0. The molecule has 0 bridgehead atoms. The van der Waals surface area contributed by atoms with E-state index in [1.54, 1.807) is 48.5 Å². The minimum Gasteiger partial charge on any atom is -0.503 e. The molecule has 2 N–H and O–H groups in total. The lowest BCUT2D eigenvalue weighted by Crippen LogP contribution is -2.39. The van der Waals surface area contributed by atoms with E-state index in [4.69, 9.17) is 0 Å². The predicted molar refractivity (Wildman–Crippen MR) is 149 cm³/mol. The normalized spacial score (nSPS) is 10.8. The van der Waals surface area contributed by atoms with Crippen molar-refractivity contribution >= 4 is 92.5 Å². The van der Waals surface area contributed by atoms with Crippen LogP contribution < -0.4 is 9.80 Å². The number of para-hydroxylation sites is 2. The van der Waals surface area contributed by atoms with Crippen LogP contribution in [-0.4, -0.2) is 16.2 Å². The highest BCUT2D eigenvalue weighted by molar-refractivity contribution is 9.11. The Bertz CT molecular complexity index is 1380. The molecule has 4 aromatic rings. The number of rotatable bonds is 4. The van der Waals surface area contributed by atoms with Crippen LogP contribution in [0.5, 0.6) is 11.5 Å². The third kappa shape index (κ3) is 5.15. The van der Waals surface area contributed by atoms with Gasteiger partial charge in [0.1, 0.15) is 0 Å². The van der Waals surface area contributed by atoms with Crippen molar-refractivity contribution < 1.29 is 23.8 Å². The zero-order chi connectivity index (χ0) is 26.1. The number of aromatic hydroxyl groups is 2. The Hall–Kier alpha value is -2.47. The third-order valence-corrected chi connectivity index (χ3v) is 7.32. The van der Waals surface area contributed by atoms with E-state index in [2.05, 4.69) is 63.7 Å². The Morgan fingerprint density at radius 2 is 0.972 bits per heavy atom. The molecule has 5 nitrogen and oxygen atoms in total. The Labute approximate surface area is 238 Å². The molecule has 0 aliphatic rings. The van der Waals surface area contributed by atoms with E-state index < -0.39 is 29.2 Å². The van der Waals surface area contributed by atoms with Crippen molar-refractivity contribution in [1.82, 2.24) is 0 Å². The van der Waals surface area contributed by atoms with Crippen LogP contribution in [0, 0.1) is 11.6 Å². The summed E-state index contributed by atoms with van der Waals surface area (Å²) in [6, 6.07) is 17.5. The Morgan fingerprint density at radius 3 is 1.36 bits per heavy atom. The zero-order valence-corrected chi connectivity index (χ0v) is 24.2. The maximum Gasteiger partial charge on any atom is 0.338 e. The average Bonchev–Trinajstić information content (AvgIpc) is 2.82. The van der Waals surface area contributed by atoms with Crippen molar-refractivity contribution in [2.75, 3.05) is 9.80 Å². The largest absolute Gasteiger partial charge is 0.503 e. The number of anilines is 4. The number of halogens is 6. The molecular weight excluding hydrogens is 734 g/mol. The second kappa shape index (κ2) is 10.9. The van der Waals surface area contributed by atoms with Gasteiger partial charge in [-0.3, -0.25) is 9.80 Å². The van der Waals surface area contributed by atoms with Gasteiger partial charge in [-0.1, -0.05) is 56.1 Å². The standard InChI is InChI=1S/C25H14Br4F2N2O3/c26-13-9-17(30)23(34)21(11-13)33(22-12-14(27)10-18(31)24(22)35)25(36)32(19-7-3-1-5-15(19)28)20-8-4-2-6-16(20)29/h1-12,34-35H. The van der Waals surface area contributed by atoms with Gasteiger partial charge in [0.05, 0.1) is 22.7 Å². The first-order chi connectivity index (χ1) is 17.1. The van der Waals surface area contributed by atoms with Gasteiger partial charge < -0.3 is 10.2 Å². The summed E-state index contributed by atoms with van der Waals surface area (Å²) in [6.45, 7) is 0. The van der Waals surface area contributed by atoms with Crippen molar-refractivity contribution in [3.8, 4) is 11.5 Å². The highest BCUT2D eigenvalue weighted by Crippen LogP contribution is 2.46. The Balaban J connectivity index is 2.06. The molecular formula is C25H14Br4F2N2O3. The average molecular weight is 748 g/mol. The van der Waals surface area contributed by atoms with E-state index >= 15 is 0 Å². The summed E-state index contributed by atoms with van der Waals surface area (Å²) in [5.41, 5.74) is 0.126. The van der Waals surface area contributed by atoms with Crippen LogP contribution in [-0.2, 0) is 0 Å². The topological polar surface area (TPSA) is 64.0 Å². The van der Waals surface area contributed by atoms with Gasteiger partial charge in [-0.15, -0.1) is 0 Å². The number of hydrogen-bond donors (Lipinski definition) is 2. The van der Waals surface area contributed by atoms with Crippen molar-refractivity contribution in [2.24, 2.45) is 0 Å². The first-order valence-electron chi connectivity index (χ1n) is 10.1. The minimum absolute atomic E-state index is 0.203. The maximum absolute atomic E-state index is 14.6. The molecule has 0 saturated carbocycles. The molecule has 184 valence electrons. The molecule has 0 aromatic heterocycles. The van der Waals surface area contributed by atoms with Crippen LogP contribution in [0.1, 0.15) is 0 Å². The quantitative estimate of drug-likeness (QED) is 0.219. The van der Waals surface area contributed by atoms with Gasteiger partial charge in [0.15, 0.2) is 23.1 Å². The molecule has 4 rings (SSSR count). The SMILES string of the molecule is O=C(N(c1ccccc1Br)c1ccccc1Br)N(c1cc(Br)cc(F)c1O)c1cc(Br)cc(F)c1O. The van der Waals surface area contributed by atoms with Gasteiger partial charge in [0, 0.05) is 17.9 Å². The highest BCUT2D eigenvalue weighted by atomic mass is 79.9. The molecule has 0 aliphatic heterocycles. The summed E-state index contributed by atoms with van der Waals surface area (Å²) < 4.78 is 30.7. The number of hydrogen-bond acceptors (Lipinski definition) is 3. The number of urea groups is 1. The summed E-state index contributed by atoms with van der Waals surface area (Å²) in [7, 11) is 0. The van der Waals surface area contributed by atoms with Gasteiger partial charge in [-0.2, -0.15) is 0 Å². The molecule has 36 heavy (non-hydrogen) atoms. The number of amides is 2. The third-order valence-electron chi connectivity index (χ3n) is 5.07. The Morgan fingerprint density at radius 1 is 0.611 bits per heavy atom. The molecule has 0 radical (unpaired) electrons. The van der Waals surface area contributed by atoms with E-state index in [-0.39, 0.29) is 20.3 Å². The first kappa shape index (κ1) is 26.6. The molecule has 0 aliphatic carbocycles. The van der Waals surface area contributed by atoms with Crippen molar-refractivity contribution in [1.29, 1.82) is 0 Å². The molecule has 0 spiro atoms. The fourth-order valence-electron chi connectivity index (χ4n) is 3.48. The molecule has 0 saturated heterocycles. The van der Waals surface area contributed by atoms with Crippen LogP contribution in [0.3, 0.4) is 0 Å². The lowest BCUT2D eigenvalue weighted by molar-refractivity contribution is 0.255. The molecule has 0 atom stereocenters. The first-order valence-corrected chi connectivity index (χ1v) is 13.3. The van der Waals surface area contributed by atoms with Gasteiger partial charge in [-0.05, 0) is 80.4 Å². The van der Waals surface area contributed by atoms with Gasteiger partial charge in [0.2, 0.25) is 0 Å². The van der Waals surface area contributed by atoms with E-state index in [1.165, 1.54) is 17.0 Å². The van der Waals surface area contributed by atoms with Crippen molar-refractivity contribution in [3.63, 3.8) is 0 Å². The molecule has 4 aromatic carbocycles. The highest BCUT2D eigenvalue weighted by Gasteiger charge is 2.33. The number of benzene rings is 4. The van der Waals surface area contributed by atoms with E-state index in [9.17, 15) is 23.8 Å². The molecule has 0 fully saturated rings. The lowest BCUT2D eigenvalue weighted by atomic mass is 10.2. The monoisotopic (exact) mass is 744 g/mol. The van der Waals surface area contributed by atoms with Crippen LogP contribution in [0.2, 0.25) is 0 Å². The minimum atomic E-state index is -1.03. The second-order valence-electron chi connectivity index (χ2n) is 7.37. The summed E-state index contributed by atoms with van der Waals surface area (Å²) in [5.74, 6) is -3.79. The molecule has 2 amide bonds. The molecule has 0 unspecified atom stereocenters. The van der Waals surface area contributed by atoms with E-state index in [0.717, 1.165) is 17.0 Å². The molecule has 11 heteroatoms. The fourth-order valence-corrected chi connectivity index (χ4v) is 5.24. The van der Waals surface area contributed by atoms with Gasteiger partial charge in [0.25, 0.3) is 0 Å². The van der Waals surface area contributed by atoms with Crippen molar-refractivity contribution in [3.05, 3.63) is 102 Å². The van der Waals surface area contributed by atoms with Gasteiger partial charge in [-0.25, -0.2) is 13.6 Å². The number of nitrogens with zero attached hydrogens (tertiary/aromatic N) is 2. The summed E-state index contributed by atoms with van der Waals surface area (Å²) in [4.78, 5) is 16.5. The number of carbonyl (C=O) groups is 1. The van der Waals surface area contributed by atoms with Crippen LogP contribution in [0.15, 0.2) is 90.7 Å². The van der Waals surface area contributed by atoms with Gasteiger partial charge >= 0.3 is 6.03 Å². The van der Waals surface area contributed by atoms with E-state index in [1.807, 2.05) is 0 Å². The number of phenolic OH excluding ortho intramolecular Hbond substituents is 2. The predicted octanol–water partition coefficient (Wildman–Crippen LogP) is 9.52. The molecule has 0 heterocycles.